The second-order valence-electron chi connectivity index (χ2n) is 5.30. The van der Waals surface area contributed by atoms with Crippen molar-refractivity contribution in [1.82, 2.24) is 5.32 Å². The molecule has 1 unspecified atom stereocenters. The van der Waals surface area contributed by atoms with Gasteiger partial charge in [0.15, 0.2) is 0 Å². The minimum absolute atomic E-state index is 0.0777. The molecule has 0 aliphatic rings. The summed E-state index contributed by atoms with van der Waals surface area (Å²) in [6.45, 7) is 3.53. The highest BCUT2D eigenvalue weighted by atomic mass is 16.3. The molecular weight excluding hydrogens is 228 g/mol. The van der Waals surface area contributed by atoms with E-state index in [4.69, 9.17) is 5.73 Å². The molecule has 18 heavy (non-hydrogen) atoms. The Balaban J connectivity index is 2.50. The normalized spacial score (nSPS) is 13.1. The van der Waals surface area contributed by atoms with E-state index in [9.17, 15) is 9.90 Å². The number of rotatable bonds is 6. The predicted octanol–water partition coefficient (Wildman–Crippen LogP) is 0.834. The summed E-state index contributed by atoms with van der Waals surface area (Å²) in [5.74, 6) is -0.127. The number of carbonyl (C=O) groups is 1. The number of hydrogen-bond acceptors (Lipinski definition) is 3. The number of nitrogens with one attached hydrogen (secondary N) is 1. The van der Waals surface area contributed by atoms with Gasteiger partial charge in [-0.1, -0.05) is 30.3 Å². The number of benzene rings is 1. The third-order valence-electron chi connectivity index (χ3n) is 2.53. The molecular formula is C14H22N2O2. The van der Waals surface area contributed by atoms with Gasteiger partial charge in [0, 0.05) is 12.0 Å². The van der Waals surface area contributed by atoms with Crippen LogP contribution in [0.3, 0.4) is 0 Å². The van der Waals surface area contributed by atoms with Crippen LogP contribution in [-0.4, -0.2) is 29.2 Å². The molecule has 0 bridgehead atoms. The lowest BCUT2D eigenvalue weighted by molar-refractivity contribution is -0.123. The van der Waals surface area contributed by atoms with Crippen molar-refractivity contribution < 1.29 is 9.90 Å². The molecule has 0 aliphatic carbocycles. The van der Waals surface area contributed by atoms with E-state index in [1.54, 1.807) is 13.8 Å². The van der Waals surface area contributed by atoms with Crippen molar-refractivity contribution in [1.29, 1.82) is 0 Å². The Bertz CT molecular complexity index is 371. The fourth-order valence-corrected chi connectivity index (χ4v) is 1.75. The number of hydrogen-bond donors (Lipinski definition) is 3. The molecule has 100 valence electrons. The fraction of sp³-hybridized carbons (Fsp3) is 0.500. The fourth-order valence-electron chi connectivity index (χ4n) is 1.75. The zero-order chi connectivity index (χ0) is 13.6. The molecule has 0 spiro atoms. The molecule has 1 atom stereocenters. The minimum atomic E-state index is -0.531. The first-order chi connectivity index (χ1) is 8.40. The first kappa shape index (κ1) is 14.7. The van der Waals surface area contributed by atoms with Gasteiger partial charge < -0.3 is 16.2 Å². The monoisotopic (exact) mass is 250 g/mol. The number of nitrogens with two attached hydrogens (primary N) is 1. The first-order valence-corrected chi connectivity index (χ1v) is 6.14. The van der Waals surface area contributed by atoms with E-state index in [1.165, 1.54) is 0 Å². The van der Waals surface area contributed by atoms with Gasteiger partial charge in [-0.3, -0.25) is 4.79 Å². The van der Waals surface area contributed by atoms with Crippen molar-refractivity contribution in [2.45, 2.75) is 38.3 Å². The van der Waals surface area contributed by atoms with Crippen molar-refractivity contribution in [3.63, 3.8) is 0 Å². The summed E-state index contributed by atoms with van der Waals surface area (Å²) >= 11 is 0. The van der Waals surface area contributed by atoms with E-state index in [-0.39, 0.29) is 25.0 Å². The lowest BCUT2D eigenvalue weighted by Crippen LogP contribution is -2.44. The zero-order valence-corrected chi connectivity index (χ0v) is 11.0. The molecule has 1 aromatic rings. The topological polar surface area (TPSA) is 75.4 Å². The van der Waals surface area contributed by atoms with Gasteiger partial charge in [-0.2, -0.15) is 0 Å². The highest BCUT2D eigenvalue weighted by molar-refractivity contribution is 5.77. The molecule has 4 nitrogen and oxygen atoms in total. The molecule has 0 aromatic heterocycles. The van der Waals surface area contributed by atoms with Gasteiger partial charge in [-0.25, -0.2) is 0 Å². The predicted molar refractivity (Wildman–Crippen MR) is 72.0 cm³/mol. The van der Waals surface area contributed by atoms with Crippen molar-refractivity contribution in [2.24, 2.45) is 5.73 Å². The Hall–Kier alpha value is -1.39. The molecule has 1 amide bonds. The zero-order valence-electron chi connectivity index (χ0n) is 11.0. The lowest BCUT2D eigenvalue weighted by Gasteiger charge is -2.21. The summed E-state index contributed by atoms with van der Waals surface area (Å²) in [4.78, 5) is 11.7. The van der Waals surface area contributed by atoms with E-state index in [1.807, 2.05) is 30.3 Å². The lowest BCUT2D eigenvalue weighted by atomic mass is 10.0. The van der Waals surface area contributed by atoms with Crippen LogP contribution in [-0.2, 0) is 11.2 Å². The van der Waals surface area contributed by atoms with Crippen LogP contribution in [0.5, 0.6) is 0 Å². The summed E-state index contributed by atoms with van der Waals surface area (Å²) in [5.41, 5.74) is 6.34. The average molecular weight is 250 g/mol. The number of amides is 1. The standard InChI is InChI=1S/C14H22N2O2/c1-14(2,15)9-13(18)16-12(10-17)8-11-6-4-3-5-7-11/h3-7,12,17H,8-10,15H2,1-2H3,(H,16,18). The minimum Gasteiger partial charge on any atom is -0.394 e. The van der Waals surface area contributed by atoms with E-state index in [0.717, 1.165) is 5.56 Å². The van der Waals surface area contributed by atoms with Crippen LogP contribution in [0, 0.1) is 0 Å². The Morgan fingerprint density at radius 2 is 2.00 bits per heavy atom. The van der Waals surface area contributed by atoms with Crippen LogP contribution >= 0.6 is 0 Å². The van der Waals surface area contributed by atoms with Crippen molar-refractivity contribution >= 4 is 5.91 Å². The molecule has 4 heteroatoms. The average Bonchev–Trinajstić information content (AvgIpc) is 2.27. The molecule has 0 saturated carbocycles. The molecule has 0 saturated heterocycles. The van der Waals surface area contributed by atoms with Crippen LogP contribution in [0.4, 0.5) is 0 Å². The number of aliphatic hydroxyl groups excluding tert-OH is 1. The first-order valence-electron chi connectivity index (χ1n) is 6.14. The maximum absolute atomic E-state index is 11.7. The maximum atomic E-state index is 11.7. The second-order valence-corrected chi connectivity index (χ2v) is 5.30. The largest absolute Gasteiger partial charge is 0.394 e. The van der Waals surface area contributed by atoms with Crippen LogP contribution in [0.15, 0.2) is 30.3 Å². The van der Waals surface area contributed by atoms with Gasteiger partial charge in [0.05, 0.1) is 12.6 Å². The van der Waals surface area contributed by atoms with Crippen molar-refractivity contribution in [3.8, 4) is 0 Å². The second kappa shape index (κ2) is 6.52. The summed E-state index contributed by atoms with van der Waals surface area (Å²) in [6.07, 6.45) is 0.867. The van der Waals surface area contributed by atoms with Gasteiger partial charge in [0.1, 0.15) is 0 Å². The highest BCUT2D eigenvalue weighted by Gasteiger charge is 2.19. The molecule has 0 fully saturated rings. The quantitative estimate of drug-likeness (QED) is 0.700. The SMILES string of the molecule is CC(C)(N)CC(=O)NC(CO)Cc1ccccc1. The van der Waals surface area contributed by atoms with Crippen LogP contribution in [0.2, 0.25) is 0 Å². The molecule has 1 aromatic carbocycles. The Kier molecular flexibility index (Phi) is 5.31. The van der Waals surface area contributed by atoms with Crippen molar-refractivity contribution in [2.75, 3.05) is 6.61 Å². The van der Waals surface area contributed by atoms with E-state index in [0.29, 0.717) is 6.42 Å². The number of aliphatic hydroxyl groups is 1. The van der Waals surface area contributed by atoms with Gasteiger partial charge >= 0.3 is 0 Å². The Morgan fingerprint density at radius 1 is 1.39 bits per heavy atom. The third-order valence-corrected chi connectivity index (χ3v) is 2.53. The maximum Gasteiger partial charge on any atom is 0.222 e. The van der Waals surface area contributed by atoms with E-state index >= 15 is 0 Å². The van der Waals surface area contributed by atoms with Gasteiger partial charge in [-0.05, 0) is 25.8 Å². The smallest absolute Gasteiger partial charge is 0.222 e. The Morgan fingerprint density at radius 3 is 2.50 bits per heavy atom. The van der Waals surface area contributed by atoms with Crippen molar-refractivity contribution in [3.05, 3.63) is 35.9 Å². The summed E-state index contributed by atoms with van der Waals surface area (Å²) in [5, 5.41) is 12.1. The molecule has 4 N–H and O–H groups in total. The van der Waals surface area contributed by atoms with E-state index in [2.05, 4.69) is 5.32 Å². The molecule has 1 rings (SSSR count). The number of carbonyl (C=O) groups excluding carboxylic acids is 1. The molecule has 0 heterocycles. The van der Waals surface area contributed by atoms with Crippen LogP contribution in [0.25, 0.3) is 0 Å². The molecule has 0 aliphatic heterocycles. The summed E-state index contributed by atoms with van der Waals surface area (Å²) in [7, 11) is 0. The van der Waals surface area contributed by atoms with Gasteiger partial charge in [-0.15, -0.1) is 0 Å². The van der Waals surface area contributed by atoms with Crippen LogP contribution < -0.4 is 11.1 Å². The molecule has 0 radical (unpaired) electrons. The van der Waals surface area contributed by atoms with Gasteiger partial charge in [0.2, 0.25) is 5.91 Å². The summed E-state index contributed by atoms with van der Waals surface area (Å²) in [6, 6.07) is 9.50. The van der Waals surface area contributed by atoms with E-state index < -0.39 is 5.54 Å². The van der Waals surface area contributed by atoms with Gasteiger partial charge in [0.25, 0.3) is 0 Å². The third kappa shape index (κ3) is 5.80. The highest BCUT2D eigenvalue weighted by Crippen LogP contribution is 2.06. The van der Waals surface area contributed by atoms with Crippen LogP contribution in [0.1, 0.15) is 25.8 Å². The summed E-state index contributed by atoms with van der Waals surface area (Å²) < 4.78 is 0. The Labute approximate surface area is 108 Å².